The van der Waals surface area contributed by atoms with E-state index in [0.717, 1.165) is 28.9 Å². The summed E-state index contributed by atoms with van der Waals surface area (Å²) in [6.45, 7) is 2.52. The molecule has 0 spiro atoms. The summed E-state index contributed by atoms with van der Waals surface area (Å²) < 4.78 is 35.1. The normalized spacial score (nSPS) is 18.6. The molecule has 0 amide bonds. The SMILES string of the molecule is Cc1cc(C2CC(c3nc(-c4ccc(F)cc4F)c4sc(N(C)C)nc4n3)CCO2)ccn1. The molecule has 0 saturated carbocycles. The molecule has 1 fully saturated rings. The Morgan fingerprint density at radius 1 is 1.09 bits per heavy atom. The van der Waals surface area contributed by atoms with E-state index >= 15 is 0 Å². The fourth-order valence-electron chi connectivity index (χ4n) is 4.10. The van der Waals surface area contributed by atoms with Crippen molar-refractivity contribution in [3.8, 4) is 11.3 Å². The van der Waals surface area contributed by atoms with Crippen molar-refractivity contribution in [2.75, 3.05) is 25.6 Å². The first-order valence-corrected chi connectivity index (χ1v) is 11.6. The first-order chi connectivity index (χ1) is 15.9. The third kappa shape index (κ3) is 4.30. The number of pyridine rings is 1. The molecule has 5 rings (SSSR count). The highest BCUT2D eigenvalue weighted by molar-refractivity contribution is 7.22. The number of aromatic nitrogens is 4. The lowest BCUT2D eigenvalue weighted by atomic mass is 9.91. The topological polar surface area (TPSA) is 64.0 Å². The molecule has 6 nitrogen and oxygen atoms in total. The van der Waals surface area contributed by atoms with Crippen molar-refractivity contribution in [2.45, 2.75) is 31.8 Å². The molecule has 1 aliphatic rings. The number of hydrogen-bond acceptors (Lipinski definition) is 7. The van der Waals surface area contributed by atoms with Gasteiger partial charge in [-0.2, -0.15) is 4.98 Å². The van der Waals surface area contributed by atoms with Crippen LogP contribution in [0.5, 0.6) is 0 Å². The predicted molar refractivity (Wildman–Crippen MR) is 125 cm³/mol. The summed E-state index contributed by atoms with van der Waals surface area (Å²) >= 11 is 1.39. The van der Waals surface area contributed by atoms with E-state index < -0.39 is 11.6 Å². The fraction of sp³-hybridized carbons (Fsp3) is 0.333. The van der Waals surface area contributed by atoms with E-state index in [0.29, 0.717) is 34.9 Å². The van der Waals surface area contributed by atoms with Crippen LogP contribution < -0.4 is 4.90 Å². The number of benzene rings is 1. The number of aryl methyl sites for hydroxylation is 1. The van der Waals surface area contributed by atoms with Gasteiger partial charge >= 0.3 is 0 Å². The Morgan fingerprint density at radius 3 is 2.70 bits per heavy atom. The number of rotatable bonds is 4. The summed E-state index contributed by atoms with van der Waals surface area (Å²) in [5.74, 6) is -0.651. The van der Waals surface area contributed by atoms with E-state index in [-0.39, 0.29) is 17.6 Å². The quantitative estimate of drug-likeness (QED) is 0.398. The van der Waals surface area contributed by atoms with Crippen molar-refractivity contribution in [3.63, 3.8) is 0 Å². The Hall–Kier alpha value is -3.04. The molecule has 170 valence electrons. The molecule has 0 bridgehead atoms. The van der Waals surface area contributed by atoms with Crippen LogP contribution >= 0.6 is 11.3 Å². The standard InChI is InChI=1S/C24H23F2N5OS/c1-13-10-14(6-8-27-13)19-11-15(7-9-32-19)22-28-20(17-5-4-16(25)12-18(17)26)21-23(29-22)30-24(33-21)31(2)3/h4-6,8,10,12,15,19H,7,9,11H2,1-3H3. The molecule has 2 unspecified atom stereocenters. The van der Waals surface area contributed by atoms with Gasteiger partial charge in [-0.1, -0.05) is 11.3 Å². The van der Waals surface area contributed by atoms with Gasteiger partial charge < -0.3 is 9.64 Å². The van der Waals surface area contributed by atoms with Crippen LogP contribution in [0.3, 0.4) is 0 Å². The number of nitrogens with zero attached hydrogens (tertiary/aromatic N) is 5. The zero-order valence-electron chi connectivity index (χ0n) is 18.5. The number of anilines is 1. The summed E-state index contributed by atoms with van der Waals surface area (Å²) in [5, 5.41) is 0.748. The highest BCUT2D eigenvalue weighted by Gasteiger charge is 2.29. The maximum Gasteiger partial charge on any atom is 0.187 e. The van der Waals surface area contributed by atoms with Crippen molar-refractivity contribution in [2.24, 2.45) is 0 Å². The number of ether oxygens (including phenoxy) is 1. The van der Waals surface area contributed by atoms with Crippen molar-refractivity contribution in [1.29, 1.82) is 0 Å². The average Bonchev–Trinajstić information content (AvgIpc) is 3.24. The first kappa shape index (κ1) is 21.8. The number of fused-ring (bicyclic) bond motifs is 1. The van der Waals surface area contributed by atoms with Crippen LogP contribution in [-0.4, -0.2) is 40.6 Å². The van der Waals surface area contributed by atoms with Gasteiger partial charge in [-0.25, -0.2) is 18.7 Å². The average molecular weight is 468 g/mol. The van der Waals surface area contributed by atoms with E-state index in [1.165, 1.54) is 23.5 Å². The lowest BCUT2D eigenvalue weighted by Gasteiger charge is -2.29. The molecule has 4 heterocycles. The number of hydrogen-bond donors (Lipinski definition) is 0. The molecule has 2 atom stereocenters. The Balaban J connectivity index is 1.59. The number of halogens is 2. The highest BCUT2D eigenvalue weighted by atomic mass is 32.1. The van der Waals surface area contributed by atoms with Gasteiger partial charge in [0.2, 0.25) is 0 Å². The second kappa shape index (κ2) is 8.72. The van der Waals surface area contributed by atoms with E-state index in [4.69, 9.17) is 14.7 Å². The second-order valence-corrected chi connectivity index (χ2v) is 9.39. The third-order valence-electron chi connectivity index (χ3n) is 5.77. The summed E-state index contributed by atoms with van der Waals surface area (Å²) in [5.41, 5.74) is 3.22. The van der Waals surface area contributed by atoms with Gasteiger partial charge in [0.25, 0.3) is 0 Å². The number of thiazole rings is 1. The van der Waals surface area contributed by atoms with Crippen LogP contribution in [0.25, 0.3) is 21.6 Å². The van der Waals surface area contributed by atoms with Gasteiger partial charge in [-0.05, 0) is 49.6 Å². The molecule has 33 heavy (non-hydrogen) atoms. The summed E-state index contributed by atoms with van der Waals surface area (Å²) in [6, 6.07) is 7.55. The molecule has 9 heteroatoms. The van der Waals surface area contributed by atoms with E-state index in [1.807, 2.05) is 38.1 Å². The third-order valence-corrected chi connectivity index (χ3v) is 6.99. The molecule has 0 aliphatic carbocycles. The van der Waals surface area contributed by atoms with Gasteiger partial charge in [0.1, 0.15) is 22.2 Å². The van der Waals surface area contributed by atoms with Crippen LogP contribution in [0.15, 0.2) is 36.5 Å². The predicted octanol–water partition coefficient (Wildman–Crippen LogP) is 5.44. The Bertz CT molecular complexity index is 1330. The molecular weight excluding hydrogens is 444 g/mol. The first-order valence-electron chi connectivity index (χ1n) is 10.7. The van der Waals surface area contributed by atoms with Crippen molar-refractivity contribution < 1.29 is 13.5 Å². The summed E-state index contributed by atoms with van der Waals surface area (Å²) in [7, 11) is 3.79. The monoisotopic (exact) mass is 467 g/mol. The van der Waals surface area contributed by atoms with Crippen LogP contribution in [0, 0.1) is 18.6 Å². The van der Waals surface area contributed by atoms with Gasteiger partial charge in [0.15, 0.2) is 10.8 Å². The summed E-state index contributed by atoms with van der Waals surface area (Å²) in [6.07, 6.45) is 3.14. The minimum absolute atomic E-state index is 0.0217. The maximum absolute atomic E-state index is 14.8. The maximum atomic E-state index is 14.8. The molecule has 4 aromatic rings. The lowest BCUT2D eigenvalue weighted by molar-refractivity contribution is 0.00394. The van der Waals surface area contributed by atoms with Crippen LogP contribution in [0.4, 0.5) is 13.9 Å². The van der Waals surface area contributed by atoms with E-state index in [1.54, 1.807) is 6.20 Å². The Labute approximate surface area is 194 Å². The van der Waals surface area contributed by atoms with Gasteiger partial charge in [0.05, 0.1) is 11.8 Å². The summed E-state index contributed by atoms with van der Waals surface area (Å²) in [4.78, 5) is 20.4. The van der Waals surface area contributed by atoms with Crippen molar-refractivity contribution >= 4 is 26.8 Å². The second-order valence-electron chi connectivity index (χ2n) is 8.41. The molecule has 0 N–H and O–H groups in total. The van der Waals surface area contributed by atoms with E-state index in [2.05, 4.69) is 9.97 Å². The molecule has 3 aromatic heterocycles. The largest absolute Gasteiger partial charge is 0.373 e. The molecule has 1 aliphatic heterocycles. The van der Waals surface area contributed by atoms with Gasteiger partial charge in [-0.15, -0.1) is 0 Å². The highest BCUT2D eigenvalue weighted by Crippen LogP contribution is 2.40. The smallest absolute Gasteiger partial charge is 0.187 e. The molecule has 1 saturated heterocycles. The van der Waals surface area contributed by atoms with Gasteiger partial charge in [0, 0.05) is 50.1 Å². The van der Waals surface area contributed by atoms with Crippen LogP contribution in [0.2, 0.25) is 0 Å². The Morgan fingerprint density at radius 2 is 1.94 bits per heavy atom. The van der Waals surface area contributed by atoms with Gasteiger partial charge in [-0.3, -0.25) is 4.98 Å². The minimum Gasteiger partial charge on any atom is -0.373 e. The molecule has 0 radical (unpaired) electrons. The minimum atomic E-state index is -0.655. The van der Waals surface area contributed by atoms with Crippen LogP contribution in [-0.2, 0) is 4.74 Å². The molecular formula is C24H23F2N5OS. The molecule has 1 aromatic carbocycles. The zero-order chi connectivity index (χ0) is 23.1. The Kier molecular flexibility index (Phi) is 5.76. The zero-order valence-corrected chi connectivity index (χ0v) is 19.4. The van der Waals surface area contributed by atoms with E-state index in [9.17, 15) is 8.78 Å². The van der Waals surface area contributed by atoms with Crippen LogP contribution in [0.1, 0.15) is 41.9 Å². The van der Waals surface area contributed by atoms with Crippen molar-refractivity contribution in [3.05, 3.63) is 65.2 Å². The van der Waals surface area contributed by atoms with Crippen molar-refractivity contribution in [1.82, 2.24) is 19.9 Å². The fourth-order valence-corrected chi connectivity index (χ4v) is 5.03. The lowest BCUT2D eigenvalue weighted by Crippen LogP contribution is -2.20.